The Balaban J connectivity index is 0.000000292. The van der Waals surface area contributed by atoms with Gasteiger partial charge in [-0.15, -0.1) is 0 Å². The second-order valence-electron chi connectivity index (χ2n) is 9.07. The fourth-order valence-electron chi connectivity index (χ4n) is 3.50. The van der Waals surface area contributed by atoms with Crippen LogP contribution >= 0.6 is 0 Å². The van der Waals surface area contributed by atoms with Crippen LogP contribution in [0.25, 0.3) is 0 Å². The fraction of sp³-hybridized carbons (Fsp3) is 0.406. The third kappa shape index (κ3) is 10.7. The summed E-state index contributed by atoms with van der Waals surface area (Å²) in [4.78, 5) is 21.6. The van der Waals surface area contributed by atoms with E-state index in [0.29, 0.717) is 18.8 Å². The molecule has 2 aromatic carbocycles. The zero-order chi connectivity index (χ0) is 28.5. The molecule has 7 heteroatoms. The minimum Gasteiger partial charge on any atom is -0.469 e. The number of rotatable bonds is 7. The molecular formula is C32H40N2O5. The van der Waals surface area contributed by atoms with Gasteiger partial charge in [-0.25, -0.2) is 0 Å². The molecule has 2 saturated carbocycles. The largest absolute Gasteiger partial charge is 0.469 e. The molecule has 0 spiro atoms. The molecular weight excluding hydrogens is 492 g/mol. The van der Waals surface area contributed by atoms with E-state index in [4.69, 9.17) is 9.26 Å². The van der Waals surface area contributed by atoms with Gasteiger partial charge in [-0.05, 0) is 55.4 Å². The van der Waals surface area contributed by atoms with Crippen molar-refractivity contribution < 1.29 is 23.6 Å². The predicted octanol–water partition coefficient (Wildman–Crippen LogP) is 6.48. The lowest BCUT2D eigenvalue weighted by Crippen LogP contribution is -2.19. The lowest BCUT2D eigenvalue weighted by atomic mass is 9.96. The molecule has 0 unspecified atom stereocenters. The summed E-state index contributed by atoms with van der Waals surface area (Å²) in [6.07, 6.45) is 7.02. The Hall–Kier alpha value is -4.05. The molecule has 0 atom stereocenters. The van der Waals surface area contributed by atoms with E-state index in [-0.39, 0.29) is 11.4 Å². The summed E-state index contributed by atoms with van der Waals surface area (Å²) in [5.74, 6) is 6.49. The molecule has 2 aliphatic carbocycles. The number of ether oxygens (including phenoxy) is 2. The minimum absolute atomic E-state index is 0.105. The van der Waals surface area contributed by atoms with E-state index >= 15 is 0 Å². The number of hydrogen-bond acceptors (Lipinski definition) is 7. The van der Waals surface area contributed by atoms with Crippen LogP contribution < -0.4 is 5.32 Å². The van der Waals surface area contributed by atoms with E-state index < -0.39 is 0 Å². The van der Waals surface area contributed by atoms with Gasteiger partial charge in [-0.3, -0.25) is 9.59 Å². The third-order valence-electron chi connectivity index (χ3n) is 5.92. The Morgan fingerprint density at radius 1 is 1.03 bits per heavy atom. The Morgan fingerprint density at radius 3 is 2.18 bits per heavy atom. The first-order chi connectivity index (χ1) is 19.0. The van der Waals surface area contributed by atoms with Crippen molar-refractivity contribution in [1.29, 1.82) is 0 Å². The average molecular weight is 533 g/mol. The van der Waals surface area contributed by atoms with Crippen LogP contribution in [0.15, 0.2) is 59.1 Å². The number of hydrogen-bond donors (Lipinski definition) is 1. The summed E-state index contributed by atoms with van der Waals surface area (Å²) in [5, 5.41) is 6.94. The van der Waals surface area contributed by atoms with E-state index in [2.05, 4.69) is 27.1 Å². The van der Waals surface area contributed by atoms with Crippen LogP contribution in [0.5, 0.6) is 0 Å². The lowest BCUT2D eigenvalue weighted by molar-refractivity contribution is -0.147. The van der Waals surface area contributed by atoms with Crippen LogP contribution in [0.2, 0.25) is 0 Å². The fourth-order valence-corrected chi connectivity index (χ4v) is 3.50. The van der Waals surface area contributed by atoms with E-state index in [1.165, 1.54) is 26.4 Å². The van der Waals surface area contributed by atoms with Gasteiger partial charge >= 0.3 is 5.97 Å². The SMILES string of the molecule is C1CC1.CC.CNc1c(C)noc1C#Cc1ccc(CC2(C(=O)OC)CC2)cc1.O=COCc1ccccc1. The average Bonchev–Trinajstić information content (AvgIpc) is 3.93. The summed E-state index contributed by atoms with van der Waals surface area (Å²) in [5.41, 5.74) is 4.31. The van der Waals surface area contributed by atoms with Gasteiger partial charge in [0.15, 0.2) is 0 Å². The molecule has 3 aromatic rings. The molecule has 39 heavy (non-hydrogen) atoms. The zero-order valence-corrected chi connectivity index (χ0v) is 23.7. The van der Waals surface area contributed by atoms with Crippen LogP contribution in [-0.2, 0) is 32.1 Å². The molecule has 7 nitrogen and oxygen atoms in total. The summed E-state index contributed by atoms with van der Waals surface area (Å²) in [6.45, 7) is 6.68. The summed E-state index contributed by atoms with van der Waals surface area (Å²) in [6, 6.07) is 17.5. The quantitative estimate of drug-likeness (QED) is 0.212. The van der Waals surface area contributed by atoms with Crippen molar-refractivity contribution in [2.75, 3.05) is 19.5 Å². The van der Waals surface area contributed by atoms with E-state index in [0.717, 1.165) is 47.3 Å². The number of anilines is 1. The molecule has 2 fully saturated rings. The van der Waals surface area contributed by atoms with Crippen molar-refractivity contribution in [3.8, 4) is 11.8 Å². The van der Waals surface area contributed by atoms with Crippen molar-refractivity contribution >= 4 is 18.1 Å². The molecule has 0 amide bonds. The van der Waals surface area contributed by atoms with Crippen LogP contribution in [0.3, 0.4) is 0 Å². The number of benzene rings is 2. The number of nitrogens with zero attached hydrogens (tertiary/aromatic N) is 1. The highest BCUT2D eigenvalue weighted by Gasteiger charge is 2.50. The second kappa shape index (κ2) is 16.7. The number of methoxy groups -OCH3 is 1. The first-order valence-electron chi connectivity index (χ1n) is 13.4. The van der Waals surface area contributed by atoms with E-state index in [9.17, 15) is 9.59 Å². The molecule has 1 N–H and O–H groups in total. The van der Waals surface area contributed by atoms with Gasteiger partial charge in [-0.2, -0.15) is 0 Å². The molecule has 1 aromatic heterocycles. The highest BCUT2D eigenvalue weighted by Crippen LogP contribution is 2.49. The van der Waals surface area contributed by atoms with Crippen molar-refractivity contribution in [2.45, 2.75) is 65.9 Å². The first kappa shape index (κ1) is 31.2. The third-order valence-corrected chi connectivity index (χ3v) is 5.92. The number of nitrogens with one attached hydrogen (secondary N) is 1. The normalized spacial score (nSPS) is 13.2. The molecule has 1 heterocycles. The van der Waals surface area contributed by atoms with Crippen molar-refractivity contribution in [1.82, 2.24) is 5.16 Å². The monoisotopic (exact) mass is 532 g/mol. The Kier molecular flexibility index (Phi) is 13.4. The Labute approximate surface area is 232 Å². The standard InChI is InChI=1S/C19H20N2O3.C8H8O2.C3H6.C2H6/c1-13-17(20-2)16(24-21-13)9-8-14-4-6-15(7-5-14)12-19(10-11-19)18(22)23-3;9-7-10-6-8-4-2-1-3-5-8;1-2-3-1;1-2/h4-7,20H,10-12H2,1-3H3;1-5,7H,6H2;1-3H2;1-2H3. The van der Waals surface area contributed by atoms with Crippen molar-refractivity contribution in [2.24, 2.45) is 5.41 Å². The van der Waals surface area contributed by atoms with Gasteiger partial charge in [-0.1, -0.05) is 86.7 Å². The summed E-state index contributed by atoms with van der Waals surface area (Å²) in [7, 11) is 3.26. The maximum Gasteiger partial charge on any atom is 0.312 e. The Bertz CT molecular complexity index is 1200. The van der Waals surface area contributed by atoms with E-state index in [1.807, 2.05) is 82.4 Å². The molecule has 0 bridgehead atoms. The molecule has 5 rings (SSSR count). The van der Waals surface area contributed by atoms with Crippen LogP contribution in [-0.4, -0.2) is 31.8 Å². The molecule has 2 aliphatic rings. The molecule has 0 aliphatic heterocycles. The van der Waals surface area contributed by atoms with Crippen LogP contribution in [0, 0.1) is 24.2 Å². The topological polar surface area (TPSA) is 90.7 Å². The van der Waals surface area contributed by atoms with Crippen LogP contribution in [0.4, 0.5) is 5.69 Å². The predicted molar refractivity (Wildman–Crippen MR) is 153 cm³/mol. The number of aromatic nitrogens is 1. The van der Waals surface area contributed by atoms with Gasteiger partial charge in [0.2, 0.25) is 5.76 Å². The first-order valence-corrected chi connectivity index (χ1v) is 13.4. The maximum absolute atomic E-state index is 11.8. The molecule has 0 saturated heterocycles. The number of carbonyl (C=O) groups is 2. The molecule has 208 valence electrons. The highest BCUT2D eigenvalue weighted by atomic mass is 16.5. The van der Waals surface area contributed by atoms with E-state index in [1.54, 1.807) is 0 Å². The summed E-state index contributed by atoms with van der Waals surface area (Å²) >= 11 is 0. The van der Waals surface area contributed by atoms with Crippen molar-refractivity contribution in [3.63, 3.8) is 0 Å². The van der Waals surface area contributed by atoms with Gasteiger partial charge in [0.1, 0.15) is 18.0 Å². The lowest BCUT2D eigenvalue weighted by Gasteiger charge is -2.12. The smallest absolute Gasteiger partial charge is 0.312 e. The number of aryl methyl sites for hydroxylation is 1. The van der Waals surface area contributed by atoms with Gasteiger partial charge in [0.25, 0.3) is 6.47 Å². The van der Waals surface area contributed by atoms with Crippen molar-refractivity contribution in [3.05, 3.63) is 82.7 Å². The molecule has 0 radical (unpaired) electrons. The Morgan fingerprint density at radius 2 is 1.67 bits per heavy atom. The zero-order valence-electron chi connectivity index (χ0n) is 23.7. The van der Waals surface area contributed by atoms with Gasteiger partial charge in [0.05, 0.1) is 12.5 Å². The second-order valence-corrected chi connectivity index (χ2v) is 9.07. The minimum atomic E-state index is -0.305. The van der Waals surface area contributed by atoms with Gasteiger partial charge < -0.3 is 19.3 Å². The maximum atomic E-state index is 11.8. The van der Waals surface area contributed by atoms with Crippen LogP contribution in [0.1, 0.15) is 74.1 Å². The number of esters is 1. The highest BCUT2D eigenvalue weighted by molar-refractivity contribution is 5.80. The van der Waals surface area contributed by atoms with Gasteiger partial charge in [0, 0.05) is 12.6 Å². The summed E-state index contributed by atoms with van der Waals surface area (Å²) < 4.78 is 14.6. The number of carbonyl (C=O) groups excluding carboxylic acids is 2.